The number of carboxylic acids is 1. The van der Waals surface area contributed by atoms with Crippen molar-refractivity contribution >= 4 is 29.4 Å². The summed E-state index contributed by atoms with van der Waals surface area (Å²) in [5.41, 5.74) is 1.11. The minimum Gasteiger partial charge on any atom is -0.482 e. The van der Waals surface area contributed by atoms with E-state index in [1.165, 1.54) is 17.6 Å². The van der Waals surface area contributed by atoms with Crippen molar-refractivity contribution in [3.63, 3.8) is 0 Å². The first-order chi connectivity index (χ1) is 9.65. The third-order valence-electron chi connectivity index (χ3n) is 2.28. The topological polar surface area (TPSA) is 89.4 Å². The fourth-order valence-electron chi connectivity index (χ4n) is 1.36. The number of nitrogens with zero attached hydrogens (tertiary/aromatic N) is 2. The molecular formula is C13H10N2O4S. The molecule has 0 saturated carbocycles. The maximum atomic E-state index is 11.9. The molecule has 102 valence electrons. The number of carbonyl (C=O) groups is 2. The Kier molecular flexibility index (Phi) is 4.56. The van der Waals surface area contributed by atoms with Crippen molar-refractivity contribution in [2.24, 2.45) is 0 Å². The van der Waals surface area contributed by atoms with Crippen LogP contribution in [0.25, 0.3) is 6.08 Å². The lowest BCUT2D eigenvalue weighted by molar-refractivity contribution is -0.139. The van der Waals surface area contributed by atoms with Crippen LogP contribution in [0.1, 0.15) is 16.1 Å². The number of allylic oxidation sites excluding steroid dienone is 1. The number of benzene rings is 1. The summed E-state index contributed by atoms with van der Waals surface area (Å²) in [6.07, 6.45) is 2.99. The maximum absolute atomic E-state index is 11.9. The van der Waals surface area contributed by atoms with Gasteiger partial charge in [-0.1, -0.05) is 4.49 Å². The van der Waals surface area contributed by atoms with Gasteiger partial charge in [-0.3, -0.25) is 4.79 Å². The number of hydrogen-bond donors (Lipinski definition) is 1. The summed E-state index contributed by atoms with van der Waals surface area (Å²) in [4.78, 5) is 22.2. The van der Waals surface area contributed by atoms with E-state index in [4.69, 9.17) is 9.84 Å². The van der Waals surface area contributed by atoms with Crippen molar-refractivity contribution in [2.75, 3.05) is 6.61 Å². The first-order valence-corrected chi connectivity index (χ1v) is 6.43. The summed E-state index contributed by atoms with van der Waals surface area (Å²) in [5, 5.41) is 14.0. The molecule has 2 rings (SSSR count). The van der Waals surface area contributed by atoms with E-state index in [9.17, 15) is 9.59 Å². The quantitative estimate of drug-likeness (QED) is 0.645. The zero-order valence-corrected chi connectivity index (χ0v) is 11.0. The first kappa shape index (κ1) is 13.9. The van der Waals surface area contributed by atoms with Crippen molar-refractivity contribution in [1.29, 1.82) is 0 Å². The summed E-state index contributed by atoms with van der Waals surface area (Å²) >= 11 is 1.21. The van der Waals surface area contributed by atoms with Crippen LogP contribution < -0.4 is 4.74 Å². The van der Waals surface area contributed by atoms with Crippen LogP contribution in [0.15, 0.2) is 35.7 Å². The highest BCUT2D eigenvalue weighted by Gasteiger charge is 2.04. The van der Waals surface area contributed by atoms with Gasteiger partial charge in [0.25, 0.3) is 0 Å². The molecule has 0 spiro atoms. The molecule has 0 radical (unpaired) electrons. The fraction of sp³-hybridized carbons (Fsp3) is 0.0769. The third kappa shape index (κ3) is 3.99. The number of rotatable bonds is 6. The number of hydrogen-bond acceptors (Lipinski definition) is 6. The Morgan fingerprint density at radius 1 is 1.30 bits per heavy atom. The Hall–Kier alpha value is -2.54. The van der Waals surface area contributed by atoms with Crippen molar-refractivity contribution in [3.8, 4) is 5.75 Å². The fourth-order valence-corrected chi connectivity index (χ4v) is 1.78. The summed E-state index contributed by atoms with van der Waals surface area (Å²) < 4.78 is 8.66. The number of ether oxygens (including phenoxy) is 1. The van der Waals surface area contributed by atoms with Crippen molar-refractivity contribution < 1.29 is 19.4 Å². The standard InChI is InChI=1S/C13H10N2O4S/c16-12(6-3-10-8-20-15-14-10)9-1-4-11(5-2-9)19-7-13(17)18/h1-6,8H,7H2,(H,17,18)/b6-3+. The predicted molar refractivity (Wildman–Crippen MR) is 72.8 cm³/mol. The second-order valence-electron chi connectivity index (χ2n) is 3.73. The largest absolute Gasteiger partial charge is 0.482 e. The van der Waals surface area contributed by atoms with E-state index in [0.717, 1.165) is 0 Å². The maximum Gasteiger partial charge on any atom is 0.341 e. The second kappa shape index (κ2) is 6.58. The molecule has 0 bridgehead atoms. The van der Waals surface area contributed by atoms with Gasteiger partial charge in [-0.05, 0) is 47.9 Å². The third-order valence-corrected chi connectivity index (χ3v) is 2.81. The van der Waals surface area contributed by atoms with Crippen LogP contribution >= 0.6 is 11.5 Å². The number of ketones is 1. The SMILES string of the molecule is O=C(O)COc1ccc(C(=O)/C=C/c2csnn2)cc1. The average Bonchev–Trinajstić information content (AvgIpc) is 2.96. The lowest BCUT2D eigenvalue weighted by Gasteiger charge is -2.03. The van der Waals surface area contributed by atoms with Gasteiger partial charge in [-0.15, -0.1) is 5.10 Å². The first-order valence-electron chi connectivity index (χ1n) is 5.59. The number of carboxylic acid groups (broad SMARTS) is 1. The molecule has 0 aliphatic rings. The van der Waals surface area contributed by atoms with Gasteiger partial charge in [0.1, 0.15) is 5.75 Å². The summed E-state index contributed by atoms with van der Waals surface area (Å²) in [6, 6.07) is 6.25. The Bertz CT molecular complexity index is 620. The van der Waals surface area contributed by atoms with E-state index in [1.54, 1.807) is 35.7 Å². The minimum atomic E-state index is -1.05. The summed E-state index contributed by atoms with van der Waals surface area (Å²) in [7, 11) is 0. The number of aliphatic carboxylic acids is 1. The lowest BCUT2D eigenvalue weighted by atomic mass is 10.1. The van der Waals surface area contributed by atoms with Crippen LogP contribution in [0.5, 0.6) is 5.75 Å². The van der Waals surface area contributed by atoms with Crippen LogP contribution in [0.3, 0.4) is 0 Å². The molecule has 0 atom stereocenters. The van der Waals surface area contributed by atoms with Crippen molar-refractivity contribution in [1.82, 2.24) is 9.59 Å². The highest BCUT2D eigenvalue weighted by Crippen LogP contribution is 2.13. The van der Waals surface area contributed by atoms with Gasteiger partial charge in [-0.2, -0.15) is 0 Å². The summed E-state index contributed by atoms with van der Waals surface area (Å²) in [5.74, 6) is -0.829. The number of aromatic nitrogens is 2. The van der Waals surface area contributed by atoms with Crippen molar-refractivity contribution in [3.05, 3.63) is 47.0 Å². The lowest BCUT2D eigenvalue weighted by Crippen LogP contribution is -2.09. The average molecular weight is 290 g/mol. The Labute approximate surface area is 118 Å². The minimum absolute atomic E-state index is 0.178. The van der Waals surface area contributed by atoms with E-state index in [-0.39, 0.29) is 5.78 Å². The molecule has 20 heavy (non-hydrogen) atoms. The molecule has 2 aromatic rings. The Morgan fingerprint density at radius 2 is 2.05 bits per heavy atom. The zero-order chi connectivity index (χ0) is 14.4. The molecule has 6 nitrogen and oxygen atoms in total. The van der Waals surface area contributed by atoms with Crippen LogP contribution in [-0.4, -0.2) is 33.1 Å². The molecule has 1 N–H and O–H groups in total. The molecule has 0 fully saturated rings. The normalized spacial score (nSPS) is 10.6. The van der Waals surface area contributed by atoms with E-state index in [1.807, 2.05) is 0 Å². The molecule has 0 saturated heterocycles. The predicted octanol–water partition coefficient (Wildman–Crippen LogP) is 1.90. The molecule has 0 unspecified atom stereocenters. The molecule has 0 aliphatic carbocycles. The van der Waals surface area contributed by atoms with Crippen LogP contribution in [0, 0.1) is 0 Å². The molecule has 0 amide bonds. The van der Waals surface area contributed by atoms with Gasteiger partial charge >= 0.3 is 5.97 Å². The summed E-state index contributed by atoms with van der Waals surface area (Å²) in [6.45, 7) is -0.413. The van der Waals surface area contributed by atoms with Gasteiger partial charge in [0.2, 0.25) is 0 Å². The molecule has 0 aliphatic heterocycles. The molecule has 1 aromatic heterocycles. The highest BCUT2D eigenvalue weighted by atomic mass is 32.1. The van der Waals surface area contributed by atoms with Crippen LogP contribution in [-0.2, 0) is 4.79 Å². The van der Waals surface area contributed by atoms with Gasteiger partial charge in [0.05, 0.1) is 5.69 Å². The molecule has 1 heterocycles. The van der Waals surface area contributed by atoms with Gasteiger partial charge < -0.3 is 9.84 Å². The zero-order valence-electron chi connectivity index (χ0n) is 10.2. The van der Waals surface area contributed by atoms with Crippen LogP contribution in [0.2, 0.25) is 0 Å². The smallest absolute Gasteiger partial charge is 0.341 e. The second-order valence-corrected chi connectivity index (χ2v) is 4.34. The van der Waals surface area contributed by atoms with Gasteiger partial charge in [0, 0.05) is 10.9 Å². The monoisotopic (exact) mass is 290 g/mol. The van der Waals surface area contributed by atoms with E-state index in [2.05, 4.69) is 9.59 Å². The van der Waals surface area contributed by atoms with Crippen LogP contribution in [0.4, 0.5) is 0 Å². The van der Waals surface area contributed by atoms with Gasteiger partial charge in [-0.25, -0.2) is 4.79 Å². The molecular weight excluding hydrogens is 280 g/mol. The molecule has 1 aromatic carbocycles. The van der Waals surface area contributed by atoms with Gasteiger partial charge in [0.15, 0.2) is 12.4 Å². The van der Waals surface area contributed by atoms with Crippen molar-refractivity contribution in [2.45, 2.75) is 0 Å². The van der Waals surface area contributed by atoms with E-state index < -0.39 is 12.6 Å². The van der Waals surface area contributed by atoms with E-state index >= 15 is 0 Å². The molecule has 7 heteroatoms. The Balaban J connectivity index is 1.98. The highest BCUT2D eigenvalue weighted by molar-refractivity contribution is 7.03. The van der Waals surface area contributed by atoms with E-state index in [0.29, 0.717) is 17.0 Å². The Morgan fingerprint density at radius 3 is 2.65 bits per heavy atom. The number of carbonyl (C=O) groups excluding carboxylic acids is 1.